The normalized spacial score (nSPS) is 10.3. The Kier molecular flexibility index (Phi) is 4.46. The number of carbonyl (C=O) groups is 1. The zero-order valence-electron chi connectivity index (χ0n) is 9.71. The summed E-state index contributed by atoms with van der Waals surface area (Å²) in [6.45, 7) is 1.45. The van der Waals surface area contributed by atoms with Gasteiger partial charge in [-0.25, -0.2) is 9.97 Å². The van der Waals surface area contributed by atoms with Gasteiger partial charge in [0.15, 0.2) is 0 Å². The van der Waals surface area contributed by atoms with Gasteiger partial charge in [0.05, 0.1) is 6.33 Å². The second-order valence-corrected chi connectivity index (χ2v) is 4.60. The van der Waals surface area contributed by atoms with E-state index < -0.39 is 0 Å². The van der Waals surface area contributed by atoms with Gasteiger partial charge in [0.1, 0.15) is 5.69 Å². The van der Waals surface area contributed by atoms with Crippen LogP contribution in [0.4, 0.5) is 0 Å². The summed E-state index contributed by atoms with van der Waals surface area (Å²) >= 11 is 3.30. The maximum absolute atomic E-state index is 11.8. The molecule has 18 heavy (non-hydrogen) atoms. The number of hydrogen-bond acceptors (Lipinski definition) is 3. The number of imidazole rings is 1. The highest BCUT2D eigenvalue weighted by Crippen LogP contribution is 2.12. The molecule has 2 heterocycles. The molecule has 0 saturated heterocycles. The first-order chi connectivity index (χ1) is 8.77. The van der Waals surface area contributed by atoms with Crippen molar-refractivity contribution in [1.29, 1.82) is 0 Å². The minimum absolute atomic E-state index is 0.159. The fourth-order valence-corrected chi connectivity index (χ4v) is 1.95. The van der Waals surface area contributed by atoms with Crippen LogP contribution >= 0.6 is 15.9 Å². The summed E-state index contributed by atoms with van der Waals surface area (Å²) < 4.78 is 2.68. The van der Waals surface area contributed by atoms with Gasteiger partial charge < -0.3 is 9.88 Å². The molecule has 0 unspecified atom stereocenters. The summed E-state index contributed by atoms with van der Waals surface area (Å²) in [6.07, 6.45) is 7.86. The lowest BCUT2D eigenvalue weighted by Gasteiger charge is -2.06. The van der Waals surface area contributed by atoms with Gasteiger partial charge in [-0.1, -0.05) is 0 Å². The van der Waals surface area contributed by atoms with E-state index in [2.05, 4.69) is 31.2 Å². The van der Waals surface area contributed by atoms with Crippen LogP contribution in [0.2, 0.25) is 0 Å². The summed E-state index contributed by atoms with van der Waals surface area (Å²) in [5.41, 5.74) is 0.417. The molecule has 0 spiro atoms. The van der Waals surface area contributed by atoms with E-state index in [1.807, 2.05) is 10.8 Å². The SMILES string of the molecule is O=C(NCCCn1ccnc1)c1ncccc1Br. The lowest BCUT2D eigenvalue weighted by molar-refractivity contribution is 0.0947. The van der Waals surface area contributed by atoms with Gasteiger partial charge in [-0.15, -0.1) is 0 Å². The smallest absolute Gasteiger partial charge is 0.271 e. The van der Waals surface area contributed by atoms with E-state index in [1.165, 1.54) is 0 Å². The quantitative estimate of drug-likeness (QED) is 0.858. The molecule has 0 aliphatic heterocycles. The number of halogens is 1. The van der Waals surface area contributed by atoms with Crippen LogP contribution in [0.5, 0.6) is 0 Å². The summed E-state index contributed by atoms with van der Waals surface area (Å²) in [5.74, 6) is -0.159. The van der Waals surface area contributed by atoms with Crippen LogP contribution < -0.4 is 5.32 Å². The minimum Gasteiger partial charge on any atom is -0.351 e. The Labute approximate surface area is 113 Å². The van der Waals surface area contributed by atoms with Crippen LogP contribution in [0, 0.1) is 0 Å². The molecular weight excluding hydrogens is 296 g/mol. The number of pyridine rings is 1. The maximum Gasteiger partial charge on any atom is 0.271 e. The van der Waals surface area contributed by atoms with E-state index in [0.717, 1.165) is 13.0 Å². The van der Waals surface area contributed by atoms with Crippen molar-refractivity contribution in [2.45, 2.75) is 13.0 Å². The molecule has 1 amide bonds. The lowest BCUT2D eigenvalue weighted by Crippen LogP contribution is -2.26. The summed E-state index contributed by atoms with van der Waals surface area (Å²) in [6, 6.07) is 3.58. The van der Waals surface area contributed by atoms with Crippen molar-refractivity contribution < 1.29 is 4.79 Å². The van der Waals surface area contributed by atoms with E-state index in [1.54, 1.807) is 30.9 Å². The van der Waals surface area contributed by atoms with Crippen LogP contribution in [0.15, 0.2) is 41.5 Å². The van der Waals surface area contributed by atoms with Crippen molar-refractivity contribution in [3.63, 3.8) is 0 Å². The van der Waals surface area contributed by atoms with Crippen molar-refractivity contribution in [2.75, 3.05) is 6.54 Å². The maximum atomic E-state index is 11.8. The molecule has 0 aliphatic carbocycles. The minimum atomic E-state index is -0.159. The largest absolute Gasteiger partial charge is 0.351 e. The molecule has 2 aromatic heterocycles. The van der Waals surface area contributed by atoms with E-state index in [-0.39, 0.29) is 5.91 Å². The number of rotatable bonds is 5. The molecule has 6 heteroatoms. The predicted molar refractivity (Wildman–Crippen MR) is 71.1 cm³/mol. The molecule has 0 bridgehead atoms. The first-order valence-electron chi connectivity index (χ1n) is 5.62. The average molecular weight is 309 g/mol. The Balaban J connectivity index is 1.77. The van der Waals surface area contributed by atoms with Crippen molar-refractivity contribution in [2.24, 2.45) is 0 Å². The third kappa shape index (κ3) is 3.40. The van der Waals surface area contributed by atoms with Crippen molar-refractivity contribution in [3.05, 3.63) is 47.2 Å². The number of aromatic nitrogens is 3. The summed E-state index contributed by atoms with van der Waals surface area (Å²) in [4.78, 5) is 19.8. The fraction of sp³-hybridized carbons (Fsp3) is 0.250. The van der Waals surface area contributed by atoms with Gasteiger partial charge in [0, 0.05) is 36.2 Å². The summed E-state index contributed by atoms with van der Waals surface area (Å²) in [5, 5.41) is 2.84. The Morgan fingerprint density at radius 3 is 3.06 bits per heavy atom. The second kappa shape index (κ2) is 6.30. The number of nitrogens with one attached hydrogen (secondary N) is 1. The number of nitrogens with zero attached hydrogens (tertiary/aromatic N) is 3. The Hall–Kier alpha value is -1.69. The summed E-state index contributed by atoms with van der Waals surface area (Å²) in [7, 11) is 0. The predicted octanol–water partition coefficient (Wildman–Crippen LogP) is 1.86. The van der Waals surface area contributed by atoms with Crippen molar-refractivity contribution in [1.82, 2.24) is 19.9 Å². The third-order valence-electron chi connectivity index (χ3n) is 2.41. The second-order valence-electron chi connectivity index (χ2n) is 3.74. The zero-order chi connectivity index (χ0) is 12.8. The Morgan fingerprint density at radius 1 is 1.44 bits per heavy atom. The molecule has 2 rings (SSSR count). The fourth-order valence-electron chi connectivity index (χ4n) is 1.52. The lowest BCUT2D eigenvalue weighted by atomic mass is 10.3. The number of hydrogen-bond donors (Lipinski definition) is 1. The molecule has 5 nitrogen and oxygen atoms in total. The number of amides is 1. The van der Waals surface area contributed by atoms with Gasteiger partial charge in [-0.05, 0) is 34.5 Å². The van der Waals surface area contributed by atoms with Crippen molar-refractivity contribution in [3.8, 4) is 0 Å². The molecule has 1 N–H and O–H groups in total. The number of aryl methyl sites for hydroxylation is 1. The molecule has 0 saturated carbocycles. The molecule has 0 aliphatic rings. The zero-order valence-corrected chi connectivity index (χ0v) is 11.3. The van der Waals surface area contributed by atoms with E-state index >= 15 is 0 Å². The molecule has 2 aromatic rings. The highest BCUT2D eigenvalue weighted by atomic mass is 79.9. The van der Waals surface area contributed by atoms with Crippen LogP contribution in [-0.4, -0.2) is 27.0 Å². The average Bonchev–Trinajstić information content (AvgIpc) is 2.88. The molecule has 0 aromatic carbocycles. The third-order valence-corrected chi connectivity index (χ3v) is 3.05. The van der Waals surface area contributed by atoms with E-state index in [9.17, 15) is 4.79 Å². The van der Waals surface area contributed by atoms with Crippen LogP contribution in [0.25, 0.3) is 0 Å². The highest BCUT2D eigenvalue weighted by Gasteiger charge is 2.09. The van der Waals surface area contributed by atoms with Gasteiger partial charge in [-0.3, -0.25) is 4.79 Å². The van der Waals surface area contributed by atoms with E-state index in [4.69, 9.17) is 0 Å². The van der Waals surface area contributed by atoms with Gasteiger partial charge >= 0.3 is 0 Å². The monoisotopic (exact) mass is 308 g/mol. The van der Waals surface area contributed by atoms with Gasteiger partial charge in [0.25, 0.3) is 5.91 Å². The molecule has 0 atom stereocenters. The number of carbonyl (C=O) groups excluding carboxylic acids is 1. The standard InChI is InChI=1S/C12H13BrN4O/c13-10-3-1-4-15-11(10)12(18)16-5-2-7-17-8-6-14-9-17/h1,3-4,6,8-9H,2,5,7H2,(H,16,18). The van der Waals surface area contributed by atoms with Crippen LogP contribution in [-0.2, 0) is 6.54 Å². The van der Waals surface area contributed by atoms with Crippen molar-refractivity contribution >= 4 is 21.8 Å². The highest BCUT2D eigenvalue weighted by molar-refractivity contribution is 9.10. The first-order valence-corrected chi connectivity index (χ1v) is 6.41. The van der Waals surface area contributed by atoms with Crippen LogP contribution in [0.1, 0.15) is 16.9 Å². The Morgan fingerprint density at radius 2 is 2.33 bits per heavy atom. The van der Waals surface area contributed by atoms with Crippen LogP contribution in [0.3, 0.4) is 0 Å². The topological polar surface area (TPSA) is 59.8 Å². The van der Waals surface area contributed by atoms with Gasteiger partial charge in [-0.2, -0.15) is 0 Å². The molecular formula is C12H13BrN4O. The Bertz CT molecular complexity index is 513. The first kappa shape index (κ1) is 12.8. The molecule has 0 radical (unpaired) electrons. The van der Waals surface area contributed by atoms with E-state index in [0.29, 0.717) is 16.7 Å². The molecule has 94 valence electrons. The molecule has 0 fully saturated rings. The van der Waals surface area contributed by atoms with Gasteiger partial charge in [0.2, 0.25) is 0 Å².